The van der Waals surface area contributed by atoms with E-state index in [2.05, 4.69) is 4.98 Å². The molecule has 0 fully saturated rings. The van der Waals surface area contributed by atoms with E-state index in [-0.39, 0.29) is 6.10 Å². The molecule has 0 saturated carbocycles. The second kappa shape index (κ2) is 7.90. The first-order valence-corrected chi connectivity index (χ1v) is 8.19. The number of amides is 1. The Morgan fingerprint density at radius 1 is 1.35 bits per heavy atom. The Labute approximate surface area is 149 Å². The maximum atomic E-state index is 11.4. The normalized spacial score (nSPS) is 12.2. The summed E-state index contributed by atoms with van der Waals surface area (Å²) in [5, 5.41) is 1.10. The van der Waals surface area contributed by atoms with Crippen LogP contribution in [0.5, 0.6) is 5.75 Å². The average Bonchev–Trinajstić information content (AvgIpc) is 2.91. The number of benzene rings is 1. The van der Waals surface area contributed by atoms with E-state index in [9.17, 15) is 4.79 Å². The van der Waals surface area contributed by atoms with Crippen LogP contribution in [-0.2, 0) is 6.42 Å². The third kappa shape index (κ3) is 4.53. The molecule has 23 heavy (non-hydrogen) atoms. The lowest BCUT2D eigenvalue weighted by atomic mass is 10.1. The van der Waals surface area contributed by atoms with Crippen LogP contribution in [0.15, 0.2) is 24.5 Å². The van der Waals surface area contributed by atoms with Gasteiger partial charge >= 0.3 is 6.03 Å². The van der Waals surface area contributed by atoms with Gasteiger partial charge in [0.2, 0.25) is 0 Å². The number of hydrogen-bond acceptors (Lipinski definition) is 3. The first kappa shape index (κ1) is 17.9. The van der Waals surface area contributed by atoms with Gasteiger partial charge in [0.25, 0.3) is 0 Å². The second-order valence-electron chi connectivity index (χ2n) is 4.98. The Morgan fingerprint density at radius 2 is 2.00 bits per heavy atom. The van der Waals surface area contributed by atoms with E-state index in [1.165, 1.54) is 17.0 Å². The second-order valence-corrected chi connectivity index (χ2v) is 6.23. The van der Waals surface area contributed by atoms with Crippen LogP contribution >= 0.6 is 34.8 Å². The fraction of sp³-hybridized carbons (Fsp3) is 0.333. The SMILES string of the molecule is CCCC(Cc1nccn1C(N)=O)Oc1c(Cl)cc(Cl)cc1Cl. The van der Waals surface area contributed by atoms with Gasteiger partial charge in [-0.15, -0.1) is 0 Å². The fourth-order valence-corrected chi connectivity index (χ4v) is 3.13. The minimum absolute atomic E-state index is 0.253. The predicted molar refractivity (Wildman–Crippen MR) is 91.7 cm³/mol. The van der Waals surface area contributed by atoms with Crippen molar-refractivity contribution in [1.82, 2.24) is 9.55 Å². The maximum Gasteiger partial charge on any atom is 0.324 e. The molecule has 1 atom stereocenters. The van der Waals surface area contributed by atoms with Crippen molar-refractivity contribution in [1.29, 1.82) is 0 Å². The van der Waals surface area contributed by atoms with Gasteiger partial charge in [-0.3, -0.25) is 4.57 Å². The van der Waals surface area contributed by atoms with Gasteiger partial charge in [0.05, 0.1) is 10.0 Å². The molecule has 0 aliphatic rings. The highest BCUT2D eigenvalue weighted by atomic mass is 35.5. The Hall–Kier alpha value is -1.43. The minimum atomic E-state index is -0.588. The largest absolute Gasteiger partial charge is 0.487 e. The predicted octanol–water partition coefficient (Wildman–Crippen LogP) is 4.56. The topological polar surface area (TPSA) is 70.1 Å². The molecular formula is C15H16Cl3N3O2. The monoisotopic (exact) mass is 375 g/mol. The van der Waals surface area contributed by atoms with Gasteiger partial charge in [0.1, 0.15) is 11.9 Å². The van der Waals surface area contributed by atoms with Crippen LogP contribution in [0.1, 0.15) is 25.6 Å². The van der Waals surface area contributed by atoms with Crippen LogP contribution < -0.4 is 10.5 Å². The van der Waals surface area contributed by atoms with Crippen LogP contribution in [0.25, 0.3) is 0 Å². The molecule has 2 rings (SSSR count). The molecule has 1 aromatic carbocycles. The van der Waals surface area contributed by atoms with Gasteiger partial charge < -0.3 is 10.5 Å². The molecule has 0 bridgehead atoms. The molecule has 0 aliphatic carbocycles. The summed E-state index contributed by atoms with van der Waals surface area (Å²) in [4.78, 5) is 15.5. The van der Waals surface area contributed by atoms with Crippen molar-refractivity contribution >= 4 is 40.8 Å². The zero-order chi connectivity index (χ0) is 17.0. The van der Waals surface area contributed by atoms with Crippen molar-refractivity contribution in [3.63, 3.8) is 0 Å². The van der Waals surface area contributed by atoms with Crippen LogP contribution in [0.4, 0.5) is 4.79 Å². The number of hydrogen-bond donors (Lipinski definition) is 1. The van der Waals surface area contributed by atoms with Gasteiger partial charge in [0, 0.05) is 23.8 Å². The van der Waals surface area contributed by atoms with E-state index in [1.54, 1.807) is 12.1 Å². The molecule has 1 aromatic heterocycles. The first-order chi connectivity index (χ1) is 10.9. The maximum absolute atomic E-state index is 11.4. The summed E-state index contributed by atoms with van der Waals surface area (Å²) < 4.78 is 7.24. The molecule has 0 saturated heterocycles. The number of rotatable bonds is 6. The molecule has 0 aliphatic heterocycles. The highest BCUT2D eigenvalue weighted by molar-refractivity contribution is 6.40. The molecule has 0 spiro atoms. The number of halogens is 3. The van der Waals surface area contributed by atoms with E-state index in [0.29, 0.717) is 33.1 Å². The Morgan fingerprint density at radius 3 is 2.57 bits per heavy atom. The average molecular weight is 377 g/mol. The fourth-order valence-electron chi connectivity index (χ4n) is 2.22. The highest BCUT2D eigenvalue weighted by Crippen LogP contribution is 2.37. The third-order valence-corrected chi connectivity index (χ3v) is 4.00. The number of imidazole rings is 1. The number of carbonyl (C=O) groups is 1. The Bertz CT molecular complexity index is 680. The van der Waals surface area contributed by atoms with E-state index < -0.39 is 6.03 Å². The summed E-state index contributed by atoms with van der Waals surface area (Å²) in [5.74, 6) is 0.894. The molecule has 1 amide bonds. The zero-order valence-corrected chi connectivity index (χ0v) is 14.7. The zero-order valence-electron chi connectivity index (χ0n) is 12.4. The molecule has 5 nitrogen and oxygen atoms in total. The quantitative estimate of drug-likeness (QED) is 0.803. The summed E-state index contributed by atoms with van der Waals surface area (Å²) in [6.45, 7) is 2.03. The van der Waals surface area contributed by atoms with Crippen molar-refractivity contribution in [3.8, 4) is 5.75 Å². The molecule has 8 heteroatoms. The minimum Gasteiger partial charge on any atom is -0.487 e. The van der Waals surface area contributed by atoms with Gasteiger partial charge in [0.15, 0.2) is 5.75 Å². The number of carbonyl (C=O) groups excluding carboxylic acids is 1. The molecular weight excluding hydrogens is 361 g/mol. The molecule has 1 heterocycles. The summed E-state index contributed by atoms with van der Waals surface area (Å²) in [6.07, 6.45) is 4.80. The van der Waals surface area contributed by atoms with E-state index in [4.69, 9.17) is 45.3 Å². The lowest BCUT2D eigenvalue weighted by Crippen LogP contribution is -2.26. The molecule has 1 unspecified atom stereocenters. The summed E-state index contributed by atoms with van der Waals surface area (Å²) in [5.41, 5.74) is 5.31. The van der Waals surface area contributed by atoms with Crippen LogP contribution in [0.2, 0.25) is 15.1 Å². The van der Waals surface area contributed by atoms with Crippen LogP contribution in [0, 0.1) is 0 Å². The summed E-state index contributed by atoms with van der Waals surface area (Å²) in [7, 11) is 0. The van der Waals surface area contributed by atoms with Crippen molar-refractivity contribution in [2.24, 2.45) is 5.73 Å². The van der Waals surface area contributed by atoms with Crippen molar-refractivity contribution in [2.45, 2.75) is 32.3 Å². The van der Waals surface area contributed by atoms with Crippen molar-refractivity contribution in [3.05, 3.63) is 45.4 Å². The summed E-state index contributed by atoms with van der Waals surface area (Å²) >= 11 is 18.2. The molecule has 0 radical (unpaired) electrons. The van der Waals surface area contributed by atoms with E-state index >= 15 is 0 Å². The standard InChI is InChI=1S/C15H16Cl3N3O2/c1-2-3-10(8-13-20-4-5-21(13)15(19)22)23-14-11(17)6-9(16)7-12(14)18/h4-7,10H,2-3,8H2,1H3,(H2,19,22). The summed E-state index contributed by atoms with van der Waals surface area (Å²) in [6, 6.07) is 2.55. The molecule has 2 N–H and O–H groups in total. The first-order valence-electron chi connectivity index (χ1n) is 7.05. The third-order valence-electron chi connectivity index (χ3n) is 3.22. The Kier molecular flexibility index (Phi) is 6.16. The number of nitrogens with two attached hydrogens (primary N) is 1. The highest BCUT2D eigenvalue weighted by Gasteiger charge is 2.19. The number of ether oxygens (including phenoxy) is 1. The van der Waals surface area contributed by atoms with Gasteiger partial charge in [-0.1, -0.05) is 48.1 Å². The lowest BCUT2D eigenvalue weighted by molar-refractivity contribution is 0.187. The number of primary amides is 1. The van der Waals surface area contributed by atoms with E-state index in [0.717, 1.165) is 12.8 Å². The van der Waals surface area contributed by atoms with Gasteiger partial charge in [-0.2, -0.15) is 0 Å². The van der Waals surface area contributed by atoms with Gasteiger partial charge in [-0.05, 0) is 18.6 Å². The van der Waals surface area contributed by atoms with Crippen molar-refractivity contribution < 1.29 is 9.53 Å². The number of aromatic nitrogens is 2. The molecule has 124 valence electrons. The van der Waals surface area contributed by atoms with Crippen LogP contribution in [-0.4, -0.2) is 21.7 Å². The smallest absolute Gasteiger partial charge is 0.324 e. The van der Waals surface area contributed by atoms with E-state index in [1.807, 2.05) is 6.92 Å². The number of nitrogens with zero attached hydrogens (tertiary/aromatic N) is 2. The van der Waals surface area contributed by atoms with Gasteiger partial charge in [-0.25, -0.2) is 9.78 Å². The molecule has 2 aromatic rings. The van der Waals surface area contributed by atoms with Crippen molar-refractivity contribution in [2.75, 3.05) is 0 Å². The van der Waals surface area contributed by atoms with Crippen LogP contribution in [0.3, 0.4) is 0 Å². The Balaban J connectivity index is 2.22. The lowest BCUT2D eigenvalue weighted by Gasteiger charge is -2.20.